The van der Waals surface area contributed by atoms with Crippen molar-refractivity contribution in [1.82, 2.24) is 14.5 Å². The zero-order chi connectivity index (χ0) is 8.39. The lowest BCUT2D eigenvalue weighted by atomic mass is 10.4. The number of H-pyrrole nitrogens is 1. The first-order valence-corrected chi connectivity index (χ1v) is 3.53. The van der Waals surface area contributed by atoms with E-state index >= 15 is 0 Å². The maximum atomic E-state index is 10.9. The molecule has 0 spiro atoms. The van der Waals surface area contributed by atoms with Crippen LogP contribution in [0.4, 0.5) is 0 Å². The van der Waals surface area contributed by atoms with Crippen LogP contribution < -0.4 is 5.43 Å². The highest BCUT2D eigenvalue weighted by atomic mass is 16.1. The smallest absolute Gasteiger partial charge is 0.183 e. The average molecular weight is 161 g/mol. The van der Waals surface area contributed by atoms with Gasteiger partial charge < -0.3 is 4.98 Å². The van der Waals surface area contributed by atoms with Crippen molar-refractivity contribution in [3.63, 3.8) is 0 Å². The highest BCUT2D eigenvalue weighted by Gasteiger charge is 1.93. The summed E-state index contributed by atoms with van der Waals surface area (Å²) < 4.78 is 1.74. The molecule has 0 bridgehead atoms. The van der Waals surface area contributed by atoms with Crippen LogP contribution in [0.3, 0.4) is 0 Å². The third-order valence-electron chi connectivity index (χ3n) is 1.54. The van der Waals surface area contributed by atoms with E-state index in [0.717, 1.165) is 5.82 Å². The number of aromatic nitrogens is 3. The summed E-state index contributed by atoms with van der Waals surface area (Å²) in [4.78, 5) is 17.7. The van der Waals surface area contributed by atoms with E-state index in [4.69, 9.17) is 0 Å². The molecule has 2 rings (SSSR count). The number of nitrogens with zero attached hydrogens (tertiary/aromatic N) is 2. The van der Waals surface area contributed by atoms with Crippen LogP contribution in [-0.4, -0.2) is 14.5 Å². The Kier molecular flexibility index (Phi) is 1.51. The molecular formula is C8H7N3O. The fourth-order valence-electron chi connectivity index (χ4n) is 0.984. The lowest BCUT2D eigenvalue weighted by Crippen LogP contribution is -2.02. The third-order valence-corrected chi connectivity index (χ3v) is 1.54. The maximum absolute atomic E-state index is 10.9. The van der Waals surface area contributed by atoms with Crippen LogP contribution >= 0.6 is 0 Å². The van der Waals surface area contributed by atoms with E-state index in [1.165, 1.54) is 12.1 Å². The second-order valence-electron chi connectivity index (χ2n) is 2.38. The second-order valence-corrected chi connectivity index (χ2v) is 2.38. The summed E-state index contributed by atoms with van der Waals surface area (Å²) in [5.41, 5.74) is -0.0162. The van der Waals surface area contributed by atoms with Crippen LogP contribution in [0.2, 0.25) is 0 Å². The SMILES string of the molecule is O=c1cc[nH]c(-n2ccnc2)c1. The predicted molar refractivity (Wildman–Crippen MR) is 44.2 cm³/mol. The van der Waals surface area contributed by atoms with E-state index in [9.17, 15) is 4.79 Å². The molecule has 0 atom stereocenters. The van der Waals surface area contributed by atoms with Gasteiger partial charge in [-0.3, -0.25) is 9.36 Å². The summed E-state index contributed by atoms with van der Waals surface area (Å²) in [6.07, 6.45) is 6.67. The van der Waals surface area contributed by atoms with E-state index in [2.05, 4.69) is 9.97 Å². The van der Waals surface area contributed by atoms with E-state index in [1.807, 2.05) is 0 Å². The Morgan fingerprint density at radius 1 is 1.50 bits per heavy atom. The first-order valence-electron chi connectivity index (χ1n) is 3.53. The fourth-order valence-corrected chi connectivity index (χ4v) is 0.984. The van der Waals surface area contributed by atoms with Crippen LogP contribution in [-0.2, 0) is 0 Å². The van der Waals surface area contributed by atoms with Gasteiger partial charge >= 0.3 is 0 Å². The summed E-state index contributed by atoms with van der Waals surface area (Å²) >= 11 is 0. The number of imidazole rings is 1. The monoisotopic (exact) mass is 161 g/mol. The molecular weight excluding hydrogens is 154 g/mol. The highest BCUT2D eigenvalue weighted by molar-refractivity contribution is 5.20. The van der Waals surface area contributed by atoms with Crippen molar-refractivity contribution in [2.45, 2.75) is 0 Å². The van der Waals surface area contributed by atoms with Gasteiger partial charge in [-0.1, -0.05) is 0 Å². The quantitative estimate of drug-likeness (QED) is 0.664. The molecule has 0 aliphatic rings. The Morgan fingerprint density at radius 2 is 2.42 bits per heavy atom. The summed E-state index contributed by atoms with van der Waals surface area (Å²) in [7, 11) is 0. The molecule has 0 saturated carbocycles. The van der Waals surface area contributed by atoms with Crippen LogP contribution in [0.1, 0.15) is 0 Å². The van der Waals surface area contributed by atoms with Crippen LogP contribution in [0.5, 0.6) is 0 Å². The normalized spacial score (nSPS) is 10.0. The molecule has 12 heavy (non-hydrogen) atoms. The maximum Gasteiger partial charge on any atom is 0.183 e. The molecule has 2 heterocycles. The number of rotatable bonds is 1. The van der Waals surface area contributed by atoms with Crippen LogP contribution in [0.15, 0.2) is 41.8 Å². The fraction of sp³-hybridized carbons (Fsp3) is 0. The zero-order valence-electron chi connectivity index (χ0n) is 6.27. The second kappa shape index (κ2) is 2.65. The van der Waals surface area contributed by atoms with Crippen molar-refractivity contribution < 1.29 is 0 Å². The van der Waals surface area contributed by atoms with E-state index in [1.54, 1.807) is 29.5 Å². The first kappa shape index (κ1) is 6.84. The van der Waals surface area contributed by atoms with E-state index in [-0.39, 0.29) is 5.43 Å². The van der Waals surface area contributed by atoms with Crippen molar-refractivity contribution in [2.24, 2.45) is 0 Å². The van der Waals surface area contributed by atoms with Crippen molar-refractivity contribution >= 4 is 0 Å². The van der Waals surface area contributed by atoms with Crippen molar-refractivity contribution in [2.75, 3.05) is 0 Å². The number of pyridine rings is 1. The molecule has 0 radical (unpaired) electrons. The average Bonchev–Trinajstić information content (AvgIpc) is 2.56. The summed E-state index contributed by atoms with van der Waals surface area (Å²) in [6.45, 7) is 0. The minimum absolute atomic E-state index is 0.0162. The number of aromatic amines is 1. The van der Waals surface area contributed by atoms with Gasteiger partial charge in [-0.15, -0.1) is 0 Å². The number of hydrogen-bond acceptors (Lipinski definition) is 2. The molecule has 2 aromatic rings. The van der Waals surface area contributed by atoms with Gasteiger partial charge in [0.1, 0.15) is 12.1 Å². The molecule has 0 unspecified atom stereocenters. The van der Waals surface area contributed by atoms with E-state index < -0.39 is 0 Å². The van der Waals surface area contributed by atoms with Crippen LogP contribution in [0, 0.1) is 0 Å². The number of nitrogens with one attached hydrogen (secondary N) is 1. The minimum atomic E-state index is -0.0162. The third kappa shape index (κ3) is 1.14. The molecule has 0 aromatic carbocycles. The zero-order valence-corrected chi connectivity index (χ0v) is 6.27. The molecule has 60 valence electrons. The number of hydrogen-bond donors (Lipinski definition) is 1. The van der Waals surface area contributed by atoms with Gasteiger partial charge in [0.25, 0.3) is 0 Å². The first-order chi connectivity index (χ1) is 5.86. The highest BCUT2D eigenvalue weighted by Crippen LogP contribution is 1.97. The van der Waals surface area contributed by atoms with Crippen molar-refractivity contribution in [3.8, 4) is 5.82 Å². The Labute approximate surface area is 68.5 Å². The molecule has 4 nitrogen and oxygen atoms in total. The lowest BCUT2D eigenvalue weighted by Gasteiger charge is -1.98. The Hall–Kier alpha value is -1.84. The van der Waals surface area contributed by atoms with Gasteiger partial charge in [0, 0.05) is 30.7 Å². The van der Waals surface area contributed by atoms with Gasteiger partial charge in [0.2, 0.25) is 0 Å². The predicted octanol–water partition coefficient (Wildman–Crippen LogP) is 0.561. The molecule has 4 heteroatoms. The van der Waals surface area contributed by atoms with Gasteiger partial charge in [-0.25, -0.2) is 4.98 Å². The molecule has 0 amide bonds. The Morgan fingerprint density at radius 3 is 3.08 bits per heavy atom. The Balaban J connectivity index is 2.55. The molecule has 1 N–H and O–H groups in total. The van der Waals surface area contributed by atoms with Gasteiger partial charge in [-0.2, -0.15) is 0 Å². The van der Waals surface area contributed by atoms with E-state index in [0.29, 0.717) is 0 Å². The standard InChI is InChI=1S/C8H7N3O/c12-7-1-2-10-8(5-7)11-4-3-9-6-11/h1-6H,(H,10,12). The molecule has 0 saturated heterocycles. The largest absolute Gasteiger partial charge is 0.348 e. The van der Waals surface area contributed by atoms with Gasteiger partial charge in [0.05, 0.1) is 0 Å². The summed E-state index contributed by atoms with van der Waals surface area (Å²) in [5, 5.41) is 0. The van der Waals surface area contributed by atoms with Gasteiger partial charge in [0.15, 0.2) is 5.43 Å². The topological polar surface area (TPSA) is 50.7 Å². The molecule has 2 aromatic heterocycles. The summed E-state index contributed by atoms with van der Waals surface area (Å²) in [5.74, 6) is 0.722. The Bertz CT molecular complexity index is 416. The lowest BCUT2D eigenvalue weighted by molar-refractivity contribution is 0.989. The van der Waals surface area contributed by atoms with Crippen molar-refractivity contribution in [3.05, 3.63) is 47.3 Å². The molecule has 0 aliphatic heterocycles. The molecule has 0 aliphatic carbocycles. The van der Waals surface area contributed by atoms with Crippen molar-refractivity contribution in [1.29, 1.82) is 0 Å². The summed E-state index contributed by atoms with van der Waals surface area (Å²) in [6, 6.07) is 2.99. The molecule has 0 fully saturated rings. The minimum Gasteiger partial charge on any atom is -0.348 e. The van der Waals surface area contributed by atoms with Gasteiger partial charge in [-0.05, 0) is 0 Å². The van der Waals surface area contributed by atoms with Crippen LogP contribution in [0.25, 0.3) is 5.82 Å².